The average Bonchev–Trinajstić information content (AvgIpc) is 3.39. The summed E-state index contributed by atoms with van der Waals surface area (Å²) in [5.41, 5.74) is 3.99. The van der Waals surface area contributed by atoms with Crippen molar-refractivity contribution in [3.8, 4) is 22.5 Å². The molecule has 9 heteroatoms. The SMILES string of the molecule is CCCC(=O)N(CCNC(=O)[C@H](S)CCC)Cc1ccc(-c2ccccc2-c2nnn[nH]2)cc1. The summed E-state index contributed by atoms with van der Waals surface area (Å²) in [5, 5.41) is 16.8. The van der Waals surface area contributed by atoms with E-state index < -0.39 is 0 Å². The van der Waals surface area contributed by atoms with Crippen LogP contribution in [0.2, 0.25) is 0 Å². The molecule has 1 atom stereocenters. The molecule has 2 N–H and O–H groups in total. The minimum atomic E-state index is -0.312. The van der Waals surface area contributed by atoms with Crippen LogP contribution in [-0.4, -0.2) is 55.7 Å². The molecule has 0 aliphatic heterocycles. The molecule has 0 fully saturated rings. The number of amides is 2. The fourth-order valence-electron chi connectivity index (χ4n) is 3.73. The topological polar surface area (TPSA) is 104 Å². The first-order chi connectivity index (χ1) is 16.5. The molecule has 0 bridgehead atoms. The van der Waals surface area contributed by atoms with Crippen molar-refractivity contribution in [2.45, 2.75) is 51.3 Å². The molecule has 34 heavy (non-hydrogen) atoms. The van der Waals surface area contributed by atoms with Crippen molar-refractivity contribution < 1.29 is 9.59 Å². The van der Waals surface area contributed by atoms with E-state index in [-0.39, 0.29) is 17.1 Å². The summed E-state index contributed by atoms with van der Waals surface area (Å²) in [6, 6.07) is 16.1. The molecule has 2 amide bonds. The maximum Gasteiger partial charge on any atom is 0.232 e. The Morgan fingerprint density at radius 3 is 2.44 bits per heavy atom. The number of carbonyl (C=O) groups excluding carboxylic acids is 2. The summed E-state index contributed by atoms with van der Waals surface area (Å²) in [4.78, 5) is 26.7. The van der Waals surface area contributed by atoms with Gasteiger partial charge in [0.05, 0.1) is 5.25 Å². The number of tetrazole rings is 1. The molecule has 0 aliphatic carbocycles. The second-order valence-electron chi connectivity index (χ2n) is 8.15. The van der Waals surface area contributed by atoms with Crippen LogP contribution in [0.4, 0.5) is 0 Å². The van der Waals surface area contributed by atoms with E-state index in [1.54, 1.807) is 4.90 Å². The predicted octanol–water partition coefficient (Wildman–Crippen LogP) is 3.88. The molecule has 0 radical (unpaired) electrons. The fraction of sp³-hybridized carbons (Fsp3) is 0.400. The predicted molar refractivity (Wildman–Crippen MR) is 136 cm³/mol. The van der Waals surface area contributed by atoms with Crippen LogP contribution >= 0.6 is 12.6 Å². The van der Waals surface area contributed by atoms with Gasteiger partial charge in [-0.3, -0.25) is 9.59 Å². The lowest BCUT2D eigenvalue weighted by molar-refractivity contribution is -0.132. The highest BCUT2D eigenvalue weighted by Crippen LogP contribution is 2.29. The average molecular weight is 481 g/mol. The number of nitrogens with one attached hydrogen (secondary N) is 2. The van der Waals surface area contributed by atoms with Crippen molar-refractivity contribution in [3.63, 3.8) is 0 Å². The zero-order chi connectivity index (χ0) is 24.3. The van der Waals surface area contributed by atoms with Gasteiger partial charge in [0, 0.05) is 31.6 Å². The molecular formula is C25H32N6O2S. The number of H-pyrrole nitrogens is 1. The zero-order valence-corrected chi connectivity index (χ0v) is 20.6. The number of rotatable bonds is 12. The standard InChI is InChI=1S/C25H32N6O2S/c1-3-7-22(34)25(33)26-15-16-31(23(32)8-4-2)17-18-11-13-19(14-12-18)20-9-5-6-10-21(20)24-27-29-30-28-24/h5-6,9-14,22,34H,3-4,7-8,15-17H2,1-2H3,(H,26,33)(H,27,28,29,30)/t22-/m1/s1. The molecule has 0 saturated heterocycles. The van der Waals surface area contributed by atoms with E-state index in [9.17, 15) is 9.59 Å². The van der Waals surface area contributed by atoms with Gasteiger partial charge in [0.2, 0.25) is 11.8 Å². The first-order valence-electron chi connectivity index (χ1n) is 11.7. The number of aromatic nitrogens is 4. The van der Waals surface area contributed by atoms with Crippen molar-refractivity contribution in [2.24, 2.45) is 0 Å². The molecule has 3 aromatic rings. The normalized spacial score (nSPS) is 11.7. The maximum absolute atomic E-state index is 12.7. The maximum atomic E-state index is 12.7. The highest BCUT2D eigenvalue weighted by atomic mass is 32.1. The summed E-state index contributed by atoms with van der Waals surface area (Å²) in [5.74, 6) is 0.610. The third kappa shape index (κ3) is 6.90. The van der Waals surface area contributed by atoms with Crippen molar-refractivity contribution in [2.75, 3.05) is 13.1 Å². The fourth-order valence-corrected chi connectivity index (χ4v) is 4.07. The van der Waals surface area contributed by atoms with Crippen molar-refractivity contribution >= 4 is 24.4 Å². The summed E-state index contributed by atoms with van der Waals surface area (Å²) in [6.45, 7) is 5.37. The molecule has 1 aromatic heterocycles. The van der Waals surface area contributed by atoms with Crippen molar-refractivity contribution in [1.29, 1.82) is 0 Å². The van der Waals surface area contributed by atoms with Crippen LogP contribution in [0.25, 0.3) is 22.5 Å². The molecule has 8 nitrogen and oxygen atoms in total. The summed E-state index contributed by atoms with van der Waals surface area (Å²) < 4.78 is 0. The van der Waals surface area contributed by atoms with Gasteiger partial charge in [-0.25, -0.2) is 5.10 Å². The van der Waals surface area contributed by atoms with E-state index in [1.807, 2.05) is 62.4 Å². The Morgan fingerprint density at radius 2 is 1.79 bits per heavy atom. The van der Waals surface area contributed by atoms with E-state index in [0.717, 1.165) is 41.5 Å². The van der Waals surface area contributed by atoms with E-state index in [1.165, 1.54) is 0 Å². The first-order valence-corrected chi connectivity index (χ1v) is 12.2. The molecule has 1 heterocycles. The van der Waals surface area contributed by atoms with Crippen LogP contribution in [0.1, 0.15) is 45.1 Å². The van der Waals surface area contributed by atoms with E-state index >= 15 is 0 Å². The molecule has 180 valence electrons. The second kappa shape index (κ2) is 12.9. The van der Waals surface area contributed by atoms with Crippen molar-refractivity contribution in [1.82, 2.24) is 30.8 Å². The quantitative estimate of drug-likeness (QED) is 0.341. The largest absolute Gasteiger partial charge is 0.353 e. The Labute approximate surface area is 205 Å². The minimum Gasteiger partial charge on any atom is -0.353 e. The van der Waals surface area contributed by atoms with Crippen LogP contribution in [0, 0.1) is 0 Å². The van der Waals surface area contributed by atoms with Crippen LogP contribution in [-0.2, 0) is 16.1 Å². The Hall–Kier alpha value is -3.20. The monoisotopic (exact) mass is 480 g/mol. The summed E-state index contributed by atoms with van der Waals surface area (Å²) in [7, 11) is 0. The Morgan fingerprint density at radius 1 is 1.06 bits per heavy atom. The van der Waals surface area contributed by atoms with E-state index in [4.69, 9.17) is 0 Å². The Balaban J connectivity index is 1.68. The van der Waals surface area contributed by atoms with Gasteiger partial charge in [-0.05, 0) is 40.0 Å². The third-order valence-corrected chi connectivity index (χ3v) is 6.02. The summed E-state index contributed by atoms with van der Waals surface area (Å²) >= 11 is 4.34. The van der Waals surface area contributed by atoms with Gasteiger partial charge in [-0.2, -0.15) is 12.6 Å². The van der Waals surface area contributed by atoms with Gasteiger partial charge in [-0.15, -0.1) is 5.10 Å². The van der Waals surface area contributed by atoms with Crippen LogP contribution in [0.15, 0.2) is 48.5 Å². The Kier molecular flexibility index (Phi) is 9.63. The zero-order valence-electron chi connectivity index (χ0n) is 19.7. The van der Waals surface area contributed by atoms with E-state index in [2.05, 4.69) is 38.6 Å². The van der Waals surface area contributed by atoms with Crippen LogP contribution in [0.3, 0.4) is 0 Å². The highest BCUT2D eigenvalue weighted by Gasteiger charge is 2.16. The number of hydrogen-bond donors (Lipinski definition) is 3. The van der Waals surface area contributed by atoms with Crippen LogP contribution in [0.5, 0.6) is 0 Å². The lowest BCUT2D eigenvalue weighted by Crippen LogP contribution is -2.40. The molecule has 0 saturated carbocycles. The lowest BCUT2D eigenvalue weighted by Gasteiger charge is -2.23. The summed E-state index contributed by atoms with van der Waals surface area (Å²) in [6.07, 6.45) is 2.90. The minimum absolute atomic E-state index is 0.0833. The van der Waals surface area contributed by atoms with Crippen LogP contribution < -0.4 is 5.32 Å². The first kappa shape index (κ1) is 25.4. The molecule has 0 unspecified atom stereocenters. The number of hydrogen-bond acceptors (Lipinski definition) is 6. The number of carbonyl (C=O) groups is 2. The third-order valence-electron chi connectivity index (χ3n) is 5.53. The van der Waals surface area contributed by atoms with Gasteiger partial charge < -0.3 is 10.2 Å². The molecular weight excluding hydrogens is 448 g/mol. The van der Waals surface area contributed by atoms with Gasteiger partial charge in [0.15, 0.2) is 5.82 Å². The number of thiol groups is 1. The van der Waals surface area contributed by atoms with Crippen molar-refractivity contribution in [3.05, 3.63) is 54.1 Å². The van der Waals surface area contributed by atoms with Gasteiger partial charge in [0.25, 0.3) is 0 Å². The molecule has 0 aliphatic rings. The van der Waals surface area contributed by atoms with Gasteiger partial charge >= 0.3 is 0 Å². The number of nitrogens with zero attached hydrogens (tertiary/aromatic N) is 4. The second-order valence-corrected chi connectivity index (χ2v) is 8.78. The van der Waals surface area contributed by atoms with Gasteiger partial charge in [0.1, 0.15) is 0 Å². The number of benzene rings is 2. The van der Waals surface area contributed by atoms with E-state index in [0.29, 0.717) is 31.9 Å². The van der Waals surface area contributed by atoms with Gasteiger partial charge in [-0.1, -0.05) is 68.8 Å². The molecule has 3 rings (SSSR count). The number of aromatic amines is 1. The highest BCUT2D eigenvalue weighted by molar-refractivity contribution is 7.81. The lowest BCUT2D eigenvalue weighted by atomic mass is 9.98. The Bertz CT molecular complexity index is 1060. The smallest absolute Gasteiger partial charge is 0.232 e. The molecule has 0 spiro atoms. The molecule has 2 aromatic carbocycles.